The molecule has 1 aromatic heterocycles. The maximum Gasteiger partial charge on any atom is 0.266 e. The van der Waals surface area contributed by atoms with E-state index in [0.29, 0.717) is 9.23 Å². The molecule has 0 aromatic carbocycles. The van der Waals surface area contributed by atoms with Crippen LogP contribution in [0.2, 0.25) is 0 Å². The predicted octanol–water partition coefficient (Wildman–Crippen LogP) is 1.28. The number of hydrogen-bond acceptors (Lipinski definition) is 5. The number of pyridine rings is 1. The third kappa shape index (κ3) is 2.71. The highest BCUT2D eigenvalue weighted by Gasteiger charge is 2.31. The molecule has 4 nitrogen and oxygen atoms in total. The van der Waals surface area contributed by atoms with Gasteiger partial charge in [0.1, 0.15) is 4.32 Å². The van der Waals surface area contributed by atoms with Crippen molar-refractivity contribution in [2.45, 2.75) is 0 Å². The number of β-amino-alcohol motifs (C(OH)–C–C–N with tert-alkyl or cyclic N) is 1. The van der Waals surface area contributed by atoms with Crippen molar-refractivity contribution in [3.8, 4) is 0 Å². The molecular formula is C11H10N2O2S2. The fourth-order valence-electron chi connectivity index (χ4n) is 1.41. The lowest BCUT2D eigenvalue weighted by molar-refractivity contribution is -0.122. The van der Waals surface area contributed by atoms with Crippen LogP contribution >= 0.6 is 24.0 Å². The van der Waals surface area contributed by atoms with Crippen molar-refractivity contribution < 1.29 is 9.90 Å². The summed E-state index contributed by atoms with van der Waals surface area (Å²) in [5.41, 5.74) is 0.858. The van der Waals surface area contributed by atoms with Gasteiger partial charge in [0.05, 0.1) is 18.1 Å². The first-order chi connectivity index (χ1) is 8.22. The minimum atomic E-state index is -0.155. The first-order valence-electron chi connectivity index (χ1n) is 4.98. The van der Waals surface area contributed by atoms with E-state index in [-0.39, 0.29) is 19.1 Å². The Morgan fingerprint density at radius 2 is 2.41 bits per heavy atom. The molecule has 2 rings (SSSR count). The minimum Gasteiger partial charge on any atom is -0.395 e. The molecule has 2 heterocycles. The Hall–Kier alpha value is -1.24. The van der Waals surface area contributed by atoms with Crippen molar-refractivity contribution in [3.05, 3.63) is 35.0 Å². The summed E-state index contributed by atoms with van der Waals surface area (Å²) in [4.78, 5) is 17.9. The Kier molecular flexibility index (Phi) is 3.88. The van der Waals surface area contributed by atoms with E-state index in [9.17, 15) is 4.79 Å². The zero-order chi connectivity index (χ0) is 12.3. The number of amides is 1. The monoisotopic (exact) mass is 266 g/mol. The summed E-state index contributed by atoms with van der Waals surface area (Å²) in [7, 11) is 0. The van der Waals surface area contributed by atoms with Gasteiger partial charge in [-0.15, -0.1) is 0 Å². The van der Waals surface area contributed by atoms with Crippen LogP contribution in [0.5, 0.6) is 0 Å². The SMILES string of the molecule is O=C1/C(=C/c2cccnc2)SC(=S)N1CCO. The molecule has 0 aliphatic carbocycles. The number of thiocarbonyl (C=S) groups is 1. The van der Waals surface area contributed by atoms with Gasteiger partial charge in [0.25, 0.3) is 5.91 Å². The number of carbonyl (C=O) groups excluding carboxylic acids is 1. The van der Waals surface area contributed by atoms with Gasteiger partial charge < -0.3 is 5.11 Å². The van der Waals surface area contributed by atoms with Gasteiger partial charge in [-0.3, -0.25) is 14.7 Å². The zero-order valence-corrected chi connectivity index (χ0v) is 10.5. The number of nitrogens with zero attached hydrogens (tertiary/aromatic N) is 2. The molecule has 88 valence electrons. The zero-order valence-electron chi connectivity index (χ0n) is 8.87. The second kappa shape index (κ2) is 5.39. The molecule has 1 N–H and O–H groups in total. The maximum atomic E-state index is 11.9. The number of aromatic nitrogens is 1. The lowest BCUT2D eigenvalue weighted by Crippen LogP contribution is -2.30. The van der Waals surface area contributed by atoms with Crippen LogP contribution < -0.4 is 0 Å². The molecule has 1 aromatic rings. The highest BCUT2D eigenvalue weighted by Crippen LogP contribution is 2.31. The van der Waals surface area contributed by atoms with Crippen molar-refractivity contribution in [2.24, 2.45) is 0 Å². The molecule has 0 bridgehead atoms. The van der Waals surface area contributed by atoms with Crippen LogP contribution in [0.4, 0.5) is 0 Å². The van der Waals surface area contributed by atoms with Gasteiger partial charge in [-0.25, -0.2) is 0 Å². The van der Waals surface area contributed by atoms with Crippen molar-refractivity contribution in [3.63, 3.8) is 0 Å². The lowest BCUT2D eigenvalue weighted by atomic mass is 10.2. The van der Waals surface area contributed by atoms with Crippen LogP contribution in [0.15, 0.2) is 29.4 Å². The topological polar surface area (TPSA) is 53.4 Å². The Labute approximate surface area is 108 Å². The summed E-state index contributed by atoms with van der Waals surface area (Å²) in [6.45, 7) is 0.154. The largest absolute Gasteiger partial charge is 0.395 e. The van der Waals surface area contributed by atoms with Gasteiger partial charge in [-0.2, -0.15) is 0 Å². The van der Waals surface area contributed by atoms with E-state index in [0.717, 1.165) is 5.56 Å². The summed E-state index contributed by atoms with van der Waals surface area (Å²) in [5, 5.41) is 8.85. The quantitative estimate of drug-likeness (QED) is 0.659. The van der Waals surface area contributed by atoms with Crippen molar-refractivity contribution in [1.29, 1.82) is 0 Å². The van der Waals surface area contributed by atoms with Crippen LogP contribution in [-0.2, 0) is 4.79 Å². The number of hydrogen-bond donors (Lipinski definition) is 1. The number of aliphatic hydroxyl groups excluding tert-OH is 1. The summed E-state index contributed by atoms with van der Waals surface area (Å²) in [6.07, 6.45) is 5.11. The van der Waals surface area contributed by atoms with E-state index >= 15 is 0 Å². The van der Waals surface area contributed by atoms with Gasteiger partial charge in [0.15, 0.2) is 0 Å². The van der Waals surface area contributed by atoms with Gasteiger partial charge in [-0.05, 0) is 17.7 Å². The van der Waals surface area contributed by atoms with E-state index in [1.54, 1.807) is 24.5 Å². The van der Waals surface area contributed by atoms with Crippen molar-refractivity contribution >= 4 is 40.3 Å². The van der Waals surface area contributed by atoms with E-state index < -0.39 is 0 Å². The highest BCUT2D eigenvalue weighted by molar-refractivity contribution is 8.26. The number of aliphatic hydroxyl groups is 1. The van der Waals surface area contributed by atoms with Crippen molar-refractivity contribution in [1.82, 2.24) is 9.88 Å². The Balaban J connectivity index is 2.22. The van der Waals surface area contributed by atoms with Gasteiger partial charge >= 0.3 is 0 Å². The van der Waals surface area contributed by atoms with E-state index in [4.69, 9.17) is 17.3 Å². The van der Waals surface area contributed by atoms with Gasteiger partial charge in [-0.1, -0.05) is 30.0 Å². The van der Waals surface area contributed by atoms with Crippen LogP contribution in [0, 0.1) is 0 Å². The lowest BCUT2D eigenvalue weighted by Gasteiger charge is -2.11. The molecule has 0 saturated carbocycles. The second-order valence-corrected chi connectivity index (χ2v) is 5.02. The van der Waals surface area contributed by atoms with Crippen LogP contribution in [0.1, 0.15) is 5.56 Å². The van der Waals surface area contributed by atoms with E-state index in [2.05, 4.69) is 4.98 Å². The summed E-state index contributed by atoms with van der Waals surface area (Å²) in [5.74, 6) is -0.155. The fourth-order valence-corrected chi connectivity index (χ4v) is 2.71. The van der Waals surface area contributed by atoms with Gasteiger partial charge in [0, 0.05) is 12.4 Å². The Bertz CT molecular complexity index is 474. The Morgan fingerprint density at radius 3 is 3.06 bits per heavy atom. The molecule has 0 unspecified atom stereocenters. The molecule has 0 atom stereocenters. The third-order valence-corrected chi connectivity index (χ3v) is 3.56. The molecule has 1 aliphatic rings. The maximum absolute atomic E-state index is 11.9. The van der Waals surface area contributed by atoms with Crippen LogP contribution in [0.25, 0.3) is 6.08 Å². The van der Waals surface area contributed by atoms with Crippen LogP contribution in [-0.4, -0.2) is 38.4 Å². The van der Waals surface area contributed by atoms with E-state index in [1.807, 2.05) is 6.07 Å². The molecule has 6 heteroatoms. The molecule has 0 spiro atoms. The first kappa shape index (κ1) is 12.2. The second-order valence-electron chi connectivity index (χ2n) is 3.34. The number of carbonyl (C=O) groups is 1. The molecule has 0 radical (unpaired) electrons. The van der Waals surface area contributed by atoms with Crippen LogP contribution in [0.3, 0.4) is 0 Å². The molecule has 1 amide bonds. The average molecular weight is 266 g/mol. The molecule has 1 saturated heterocycles. The fraction of sp³-hybridized carbons (Fsp3) is 0.182. The third-order valence-electron chi connectivity index (χ3n) is 2.18. The summed E-state index contributed by atoms with van der Waals surface area (Å²) < 4.78 is 0.485. The van der Waals surface area contributed by atoms with Crippen molar-refractivity contribution in [2.75, 3.05) is 13.2 Å². The molecule has 17 heavy (non-hydrogen) atoms. The molecule has 1 fully saturated rings. The number of thioether (sulfide) groups is 1. The smallest absolute Gasteiger partial charge is 0.266 e. The molecular weight excluding hydrogens is 256 g/mol. The minimum absolute atomic E-state index is 0.0907. The Morgan fingerprint density at radius 1 is 1.59 bits per heavy atom. The van der Waals surface area contributed by atoms with E-state index in [1.165, 1.54) is 16.7 Å². The normalized spacial score (nSPS) is 18.2. The predicted molar refractivity (Wildman–Crippen MR) is 71.2 cm³/mol. The molecule has 1 aliphatic heterocycles. The standard InChI is InChI=1S/C11H10N2O2S2/c14-5-4-13-10(15)9(17-11(13)16)6-8-2-1-3-12-7-8/h1-3,6-7,14H,4-5H2/b9-6-. The van der Waals surface area contributed by atoms with Gasteiger partial charge in [0.2, 0.25) is 0 Å². The average Bonchev–Trinajstić information content (AvgIpc) is 2.59. The number of rotatable bonds is 3. The highest BCUT2D eigenvalue weighted by atomic mass is 32.2. The summed E-state index contributed by atoms with van der Waals surface area (Å²) in [6, 6.07) is 3.67. The summed E-state index contributed by atoms with van der Waals surface area (Å²) >= 11 is 6.32. The first-order valence-corrected chi connectivity index (χ1v) is 6.21.